The lowest BCUT2D eigenvalue weighted by Gasteiger charge is -2.13. The van der Waals surface area contributed by atoms with Crippen molar-refractivity contribution in [3.8, 4) is 0 Å². The zero-order chi connectivity index (χ0) is 12.4. The van der Waals surface area contributed by atoms with Crippen molar-refractivity contribution in [3.05, 3.63) is 23.8 Å². The number of nitrogens with one attached hydrogen (secondary N) is 1. The molecule has 1 unspecified atom stereocenters. The number of likely N-dealkylation sites (N-methyl/N-ethyl adjacent to an activating group) is 1. The molecule has 0 saturated carbocycles. The zero-order valence-electron chi connectivity index (χ0n) is 9.94. The molecule has 1 aromatic rings. The van der Waals surface area contributed by atoms with Crippen LogP contribution in [0, 0.1) is 0 Å². The Balaban J connectivity index is 2.08. The van der Waals surface area contributed by atoms with Gasteiger partial charge >= 0.3 is 0 Å². The van der Waals surface area contributed by atoms with Crippen LogP contribution in [0.5, 0.6) is 0 Å². The number of anilines is 2. The molecule has 92 valence electrons. The molecular weight excluding hydrogens is 216 g/mol. The molecule has 2 rings (SSSR count). The highest BCUT2D eigenvalue weighted by atomic mass is 16.2. The van der Waals surface area contributed by atoms with Crippen molar-refractivity contribution in [2.75, 3.05) is 30.4 Å². The largest absolute Gasteiger partial charge is 0.383 e. The van der Waals surface area contributed by atoms with E-state index in [1.54, 1.807) is 11.9 Å². The second-order valence-corrected chi connectivity index (χ2v) is 4.35. The SMILES string of the molecule is CN1C(=O)Cc2cc(NCC(N)CN)ccc21. The van der Waals surface area contributed by atoms with Gasteiger partial charge in [0.25, 0.3) is 0 Å². The zero-order valence-corrected chi connectivity index (χ0v) is 9.94. The first kappa shape index (κ1) is 11.9. The van der Waals surface area contributed by atoms with Gasteiger partial charge in [-0.15, -0.1) is 0 Å². The van der Waals surface area contributed by atoms with E-state index in [-0.39, 0.29) is 11.9 Å². The number of rotatable bonds is 4. The minimum absolute atomic E-state index is 0.0486. The molecule has 0 aliphatic carbocycles. The van der Waals surface area contributed by atoms with Gasteiger partial charge in [-0.2, -0.15) is 0 Å². The molecule has 1 heterocycles. The molecule has 0 saturated heterocycles. The Morgan fingerprint density at radius 3 is 3.00 bits per heavy atom. The van der Waals surface area contributed by atoms with Gasteiger partial charge < -0.3 is 21.7 Å². The Kier molecular flexibility index (Phi) is 3.31. The Morgan fingerprint density at radius 1 is 1.53 bits per heavy atom. The van der Waals surface area contributed by atoms with Crippen molar-refractivity contribution in [1.82, 2.24) is 0 Å². The number of carbonyl (C=O) groups excluding carboxylic acids is 1. The predicted octanol–water partition coefficient (Wildman–Crippen LogP) is -0.0966. The summed E-state index contributed by atoms with van der Waals surface area (Å²) in [6.07, 6.45) is 0.476. The topological polar surface area (TPSA) is 84.4 Å². The lowest BCUT2D eigenvalue weighted by Crippen LogP contribution is -2.36. The molecule has 1 aromatic carbocycles. The highest BCUT2D eigenvalue weighted by Gasteiger charge is 2.23. The number of carbonyl (C=O) groups is 1. The monoisotopic (exact) mass is 234 g/mol. The lowest BCUT2D eigenvalue weighted by atomic mass is 10.1. The second kappa shape index (κ2) is 4.73. The van der Waals surface area contributed by atoms with Gasteiger partial charge in [-0.25, -0.2) is 0 Å². The van der Waals surface area contributed by atoms with Gasteiger partial charge in [-0.3, -0.25) is 4.79 Å². The van der Waals surface area contributed by atoms with Gasteiger partial charge in [0.2, 0.25) is 5.91 Å². The molecule has 0 radical (unpaired) electrons. The van der Waals surface area contributed by atoms with Gasteiger partial charge in [-0.05, 0) is 23.8 Å². The average Bonchev–Trinajstić information content (AvgIpc) is 2.62. The fraction of sp³-hybridized carbons (Fsp3) is 0.417. The summed E-state index contributed by atoms with van der Waals surface area (Å²) in [4.78, 5) is 13.2. The lowest BCUT2D eigenvalue weighted by molar-refractivity contribution is -0.117. The summed E-state index contributed by atoms with van der Waals surface area (Å²) in [6.45, 7) is 1.10. The molecule has 5 N–H and O–H groups in total. The molecular formula is C12H18N4O. The molecule has 1 aliphatic heterocycles. The number of benzene rings is 1. The maximum absolute atomic E-state index is 11.5. The maximum Gasteiger partial charge on any atom is 0.231 e. The molecule has 1 amide bonds. The first-order valence-corrected chi connectivity index (χ1v) is 5.71. The van der Waals surface area contributed by atoms with E-state index in [1.807, 2.05) is 18.2 Å². The van der Waals surface area contributed by atoms with Crippen LogP contribution in [0.2, 0.25) is 0 Å². The molecule has 5 heteroatoms. The summed E-state index contributed by atoms with van der Waals surface area (Å²) >= 11 is 0. The van der Waals surface area contributed by atoms with Gasteiger partial charge in [0.15, 0.2) is 0 Å². The highest BCUT2D eigenvalue weighted by Crippen LogP contribution is 2.29. The third-order valence-electron chi connectivity index (χ3n) is 3.03. The second-order valence-electron chi connectivity index (χ2n) is 4.35. The van der Waals surface area contributed by atoms with Crippen LogP contribution in [0.25, 0.3) is 0 Å². The molecule has 5 nitrogen and oxygen atoms in total. The minimum Gasteiger partial charge on any atom is -0.383 e. The van der Waals surface area contributed by atoms with E-state index >= 15 is 0 Å². The molecule has 0 fully saturated rings. The number of nitrogens with zero attached hydrogens (tertiary/aromatic N) is 1. The minimum atomic E-state index is -0.0486. The van der Waals surface area contributed by atoms with Crippen LogP contribution in [-0.4, -0.2) is 32.1 Å². The van der Waals surface area contributed by atoms with Crippen molar-refractivity contribution in [2.45, 2.75) is 12.5 Å². The van der Waals surface area contributed by atoms with Crippen LogP contribution in [0.15, 0.2) is 18.2 Å². The van der Waals surface area contributed by atoms with Crippen LogP contribution < -0.4 is 21.7 Å². The van der Waals surface area contributed by atoms with Crippen LogP contribution in [0.3, 0.4) is 0 Å². The van der Waals surface area contributed by atoms with Gasteiger partial charge in [0.1, 0.15) is 0 Å². The van der Waals surface area contributed by atoms with Crippen LogP contribution in [0.4, 0.5) is 11.4 Å². The van der Waals surface area contributed by atoms with Gasteiger partial charge in [-0.1, -0.05) is 0 Å². The standard InChI is InChI=1S/C12H18N4O/c1-16-11-3-2-10(15-7-9(14)6-13)4-8(11)5-12(16)17/h2-4,9,15H,5-7,13-14H2,1H3. The number of fused-ring (bicyclic) bond motifs is 1. The quantitative estimate of drug-likeness (QED) is 0.679. The Morgan fingerprint density at radius 2 is 2.29 bits per heavy atom. The van der Waals surface area contributed by atoms with Crippen LogP contribution in [-0.2, 0) is 11.2 Å². The summed E-state index contributed by atoms with van der Waals surface area (Å²) in [5, 5.41) is 3.22. The van der Waals surface area contributed by atoms with Crippen LogP contribution >= 0.6 is 0 Å². The Labute approximate surface area is 101 Å². The summed E-state index contributed by atoms with van der Waals surface area (Å²) in [7, 11) is 1.80. The van der Waals surface area contributed by atoms with Gasteiger partial charge in [0, 0.05) is 37.6 Å². The number of hydrogen-bond acceptors (Lipinski definition) is 4. The summed E-state index contributed by atoms with van der Waals surface area (Å²) in [6, 6.07) is 5.86. The number of nitrogens with two attached hydrogens (primary N) is 2. The van der Waals surface area contributed by atoms with E-state index in [0.29, 0.717) is 19.5 Å². The average molecular weight is 234 g/mol. The van der Waals surface area contributed by atoms with E-state index in [9.17, 15) is 4.79 Å². The van der Waals surface area contributed by atoms with E-state index in [0.717, 1.165) is 16.9 Å². The van der Waals surface area contributed by atoms with E-state index in [1.165, 1.54) is 0 Å². The molecule has 0 aromatic heterocycles. The first-order chi connectivity index (χ1) is 8.11. The third kappa shape index (κ3) is 2.40. The fourth-order valence-corrected chi connectivity index (χ4v) is 1.91. The summed E-state index contributed by atoms with van der Waals surface area (Å²) in [5.74, 6) is 0.135. The van der Waals surface area contributed by atoms with Crippen molar-refractivity contribution in [3.63, 3.8) is 0 Å². The van der Waals surface area contributed by atoms with Crippen molar-refractivity contribution < 1.29 is 4.79 Å². The number of amides is 1. The Hall–Kier alpha value is -1.59. The van der Waals surface area contributed by atoms with E-state index in [2.05, 4.69) is 5.32 Å². The van der Waals surface area contributed by atoms with Crippen molar-refractivity contribution >= 4 is 17.3 Å². The molecule has 0 bridgehead atoms. The van der Waals surface area contributed by atoms with E-state index < -0.39 is 0 Å². The molecule has 17 heavy (non-hydrogen) atoms. The molecule has 1 atom stereocenters. The highest BCUT2D eigenvalue weighted by molar-refractivity contribution is 6.01. The van der Waals surface area contributed by atoms with E-state index in [4.69, 9.17) is 11.5 Å². The predicted molar refractivity (Wildman–Crippen MR) is 69.1 cm³/mol. The van der Waals surface area contributed by atoms with Gasteiger partial charge in [0.05, 0.1) is 6.42 Å². The maximum atomic E-state index is 11.5. The molecule has 0 spiro atoms. The number of hydrogen-bond donors (Lipinski definition) is 3. The van der Waals surface area contributed by atoms with Crippen molar-refractivity contribution in [2.24, 2.45) is 11.5 Å². The smallest absolute Gasteiger partial charge is 0.231 e. The fourth-order valence-electron chi connectivity index (χ4n) is 1.91. The Bertz CT molecular complexity index is 433. The van der Waals surface area contributed by atoms with Crippen molar-refractivity contribution in [1.29, 1.82) is 0 Å². The summed E-state index contributed by atoms with van der Waals surface area (Å²) in [5.41, 5.74) is 14.2. The molecule has 1 aliphatic rings. The van der Waals surface area contributed by atoms with Crippen LogP contribution in [0.1, 0.15) is 5.56 Å². The normalized spacial score (nSPS) is 15.9. The summed E-state index contributed by atoms with van der Waals surface area (Å²) < 4.78 is 0. The first-order valence-electron chi connectivity index (χ1n) is 5.71. The third-order valence-corrected chi connectivity index (χ3v) is 3.03.